The van der Waals surface area contributed by atoms with Crippen molar-refractivity contribution in [3.05, 3.63) is 29.3 Å². The van der Waals surface area contributed by atoms with E-state index in [2.05, 4.69) is 17.1 Å². The van der Waals surface area contributed by atoms with Gasteiger partial charge in [0.05, 0.1) is 17.9 Å². The molecule has 4 rings (SSSR count). The fraction of sp³-hybridized carbons (Fsp3) is 0.619. The smallest absolute Gasteiger partial charge is 0.205 e. The molecule has 1 atom stereocenters. The first kappa shape index (κ1) is 17.5. The van der Waals surface area contributed by atoms with Crippen LogP contribution < -0.4 is 4.74 Å². The molecular formula is C21H26N2O3. The van der Waals surface area contributed by atoms with E-state index in [-0.39, 0.29) is 11.5 Å². The van der Waals surface area contributed by atoms with E-state index in [1.165, 1.54) is 5.56 Å². The van der Waals surface area contributed by atoms with E-state index in [9.17, 15) is 5.26 Å². The average molecular weight is 354 g/mol. The summed E-state index contributed by atoms with van der Waals surface area (Å²) in [7, 11) is 1.79. The molecule has 1 saturated heterocycles. The predicted molar refractivity (Wildman–Crippen MR) is 98.5 cm³/mol. The first-order valence-corrected chi connectivity index (χ1v) is 9.62. The maximum Gasteiger partial charge on any atom is 0.205 e. The van der Waals surface area contributed by atoms with Crippen LogP contribution in [0.5, 0.6) is 5.75 Å². The van der Waals surface area contributed by atoms with Gasteiger partial charge in [-0.1, -0.05) is 6.07 Å². The molecule has 0 aromatic heterocycles. The molecule has 26 heavy (non-hydrogen) atoms. The molecule has 1 aromatic rings. The molecule has 1 unspecified atom stereocenters. The number of nitriles is 1. The SMILES string of the molecule is CO[C@H]1CC[C@]2(CC1)Cc1ccc(OCC3CCCO3)cc1/C2=N\C#N. The number of rotatable bonds is 4. The molecule has 0 radical (unpaired) electrons. The highest BCUT2D eigenvalue weighted by Crippen LogP contribution is 2.48. The third kappa shape index (κ3) is 3.24. The lowest BCUT2D eigenvalue weighted by Gasteiger charge is -2.36. The highest BCUT2D eigenvalue weighted by Gasteiger charge is 2.45. The van der Waals surface area contributed by atoms with E-state index < -0.39 is 0 Å². The summed E-state index contributed by atoms with van der Waals surface area (Å²) in [6.45, 7) is 1.42. The Labute approximate surface area is 155 Å². The van der Waals surface area contributed by atoms with Gasteiger partial charge in [-0.05, 0) is 62.6 Å². The highest BCUT2D eigenvalue weighted by atomic mass is 16.5. The van der Waals surface area contributed by atoms with Crippen LogP contribution >= 0.6 is 0 Å². The lowest BCUT2D eigenvalue weighted by atomic mass is 9.70. The molecule has 2 fully saturated rings. The van der Waals surface area contributed by atoms with Crippen LogP contribution in [0.2, 0.25) is 0 Å². The Morgan fingerprint density at radius 2 is 2.15 bits per heavy atom. The Bertz CT molecular complexity index is 723. The molecule has 1 aromatic carbocycles. The lowest BCUT2D eigenvalue weighted by Crippen LogP contribution is -2.35. The van der Waals surface area contributed by atoms with E-state index in [0.29, 0.717) is 12.7 Å². The van der Waals surface area contributed by atoms with Crippen molar-refractivity contribution in [2.45, 2.75) is 57.2 Å². The number of aliphatic imine (C=N–C) groups is 1. The van der Waals surface area contributed by atoms with Crippen LogP contribution in [0.3, 0.4) is 0 Å². The summed E-state index contributed by atoms with van der Waals surface area (Å²) >= 11 is 0. The van der Waals surface area contributed by atoms with Crippen LogP contribution in [0.15, 0.2) is 23.2 Å². The van der Waals surface area contributed by atoms with Crippen LogP contribution in [0.1, 0.15) is 49.7 Å². The molecule has 1 spiro atoms. The van der Waals surface area contributed by atoms with Gasteiger partial charge in [0.1, 0.15) is 12.4 Å². The van der Waals surface area contributed by atoms with Gasteiger partial charge >= 0.3 is 0 Å². The predicted octanol–water partition coefficient (Wildman–Crippen LogP) is 3.65. The number of fused-ring (bicyclic) bond motifs is 1. The van der Waals surface area contributed by atoms with Gasteiger partial charge in [0.25, 0.3) is 0 Å². The number of benzene rings is 1. The topological polar surface area (TPSA) is 63.8 Å². The van der Waals surface area contributed by atoms with Crippen molar-refractivity contribution in [3.8, 4) is 11.9 Å². The van der Waals surface area contributed by atoms with Crippen molar-refractivity contribution >= 4 is 5.71 Å². The minimum atomic E-state index is -0.0136. The Kier molecular flexibility index (Phi) is 4.97. The van der Waals surface area contributed by atoms with Crippen molar-refractivity contribution in [2.24, 2.45) is 10.4 Å². The maximum atomic E-state index is 9.27. The van der Waals surface area contributed by atoms with Crippen molar-refractivity contribution in [1.29, 1.82) is 5.26 Å². The molecule has 1 saturated carbocycles. The molecule has 0 amide bonds. The van der Waals surface area contributed by atoms with Crippen molar-refractivity contribution < 1.29 is 14.2 Å². The number of hydrogen-bond donors (Lipinski definition) is 0. The van der Waals surface area contributed by atoms with Gasteiger partial charge in [-0.2, -0.15) is 10.3 Å². The number of nitrogens with zero attached hydrogens (tertiary/aromatic N) is 2. The highest BCUT2D eigenvalue weighted by molar-refractivity contribution is 6.09. The van der Waals surface area contributed by atoms with Crippen LogP contribution in [-0.2, 0) is 15.9 Å². The molecule has 138 valence electrons. The molecule has 1 aliphatic heterocycles. The normalized spacial score (nSPS) is 31.9. The van der Waals surface area contributed by atoms with Gasteiger partial charge in [-0.15, -0.1) is 0 Å². The van der Waals surface area contributed by atoms with Gasteiger partial charge < -0.3 is 14.2 Å². The minimum absolute atomic E-state index is 0.0136. The molecule has 3 aliphatic rings. The van der Waals surface area contributed by atoms with E-state index in [1.54, 1.807) is 7.11 Å². The zero-order valence-electron chi connectivity index (χ0n) is 15.4. The van der Waals surface area contributed by atoms with E-state index >= 15 is 0 Å². The van der Waals surface area contributed by atoms with Gasteiger partial charge in [0.15, 0.2) is 0 Å². The van der Waals surface area contributed by atoms with Crippen LogP contribution in [0.25, 0.3) is 0 Å². The quantitative estimate of drug-likeness (QED) is 0.774. The van der Waals surface area contributed by atoms with E-state index in [4.69, 9.17) is 14.2 Å². The summed E-state index contributed by atoms with van der Waals surface area (Å²) in [6, 6.07) is 6.25. The fourth-order valence-corrected chi connectivity index (χ4v) is 4.74. The molecule has 0 N–H and O–H groups in total. The van der Waals surface area contributed by atoms with Crippen molar-refractivity contribution in [3.63, 3.8) is 0 Å². The summed E-state index contributed by atoms with van der Waals surface area (Å²) in [5.41, 5.74) is 3.30. The molecule has 1 heterocycles. The molecule has 2 aliphatic carbocycles. The van der Waals surface area contributed by atoms with E-state index in [0.717, 1.165) is 68.6 Å². The first-order valence-electron chi connectivity index (χ1n) is 9.62. The van der Waals surface area contributed by atoms with Crippen LogP contribution in [0.4, 0.5) is 0 Å². The van der Waals surface area contributed by atoms with E-state index in [1.807, 2.05) is 12.3 Å². The summed E-state index contributed by atoms with van der Waals surface area (Å²) < 4.78 is 17.1. The third-order valence-electron chi connectivity index (χ3n) is 6.21. The summed E-state index contributed by atoms with van der Waals surface area (Å²) in [5.74, 6) is 0.840. The molecule has 5 heteroatoms. The van der Waals surface area contributed by atoms with Crippen LogP contribution in [-0.4, -0.2) is 38.2 Å². The minimum Gasteiger partial charge on any atom is -0.491 e. The third-order valence-corrected chi connectivity index (χ3v) is 6.21. The van der Waals surface area contributed by atoms with Crippen molar-refractivity contribution in [1.82, 2.24) is 0 Å². The van der Waals surface area contributed by atoms with Gasteiger partial charge in [-0.25, -0.2) is 0 Å². The Morgan fingerprint density at radius 3 is 2.85 bits per heavy atom. The average Bonchev–Trinajstić information content (AvgIpc) is 3.28. The molecule has 0 bridgehead atoms. The largest absolute Gasteiger partial charge is 0.491 e. The monoisotopic (exact) mass is 354 g/mol. The standard InChI is InChI=1S/C21H26N2O3/c1-24-16-6-8-21(9-7-16)12-15-4-5-17(11-19(15)20(21)23-14-22)26-13-18-3-2-10-25-18/h4-5,11,16,18H,2-3,6-10,12-13H2,1H3/b23-20+/t16-,18?,21-. The zero-order chi connectivity index (χ0) is 18.0. The molecular weight excluding hydrogens is 328 g/mol. The number of methoxy groups -OCH3 is 1. The van der Waals surface area contributed by atoms with Crippen LogP contribution in [0, 0.1) is 16.9 Å². The molecule has 5 nitrogen and oxygen atoms in total. The van der Waals surface area contributed by atoms with Crippen molar-refractivity contribution in [2.75, 3.05) is 20.3 Å². The summed E-state index contributed by atoms with van der Waals surface area (Å²) in [5, 5.41) is 9.27. The fourth-order valence-electron chi connectivity index (χ4n) is 4.74. The van der Waals surface area contributed by atoms with Gasteiger partial charge in [0.2, 0.25) is 6.19 Å². The summed E-state index contributed by atoms with van der Waals surface area (Å²) in [4.78, 5) is 4.27. The second kappa shape index (κ2) is 7.38. The second-order valence-corrected chi connectivity index (χ2v) is 7.72. The number of ether oxygens (including phenoxy) is 3. The Morgan fingerprint density at radius 1 is 1.31 bits per heavy atom. The number of hydrogen-bond acceptors (Lipinski definition) is 5. The zero-order valence-corrected chi connectivity index (χ0v) is 15.4. The second-order valence-electron chi connectivity index (χ2n) is 7.72. The first-order chi connectivity index (χ1) is 12.7. The maximum absolute atomic E-state index is 9.27. The lowest BCUT2D eigenvalue weighted by molar-refractivity contribution is 0.0468. The Balaban J connectivity index is 1.54. The van der Waals surface area contributed by atoms with Gasteiger partial charge in [-0.3, -0.25) is 0 Å². The Hall–Kier alpha value is -1.90. The summed E-state index contributed by atoms with van der Waals surface area (Å²) in [6.07, 6.45) is 9.80. The van der Waals surface area contributed by atoms with Gasteiger partial charge in [0, 0.05) is 24.7 Å².